The summed E-state index contributed by atoms with van der Waals surface area (Å²) >= 11 is 0. The van der Waals surface area contributed by atoms with Crippen molar-refractivity contribution < 1.29 is 17.9 Å². The maximum absolute atomic E-state index is 13.2. The molecule has 168 valence electrons. The minimum atomic E-state index is -3.69. The van der Waals surface area contributed by atoms with Gasteiger partial charge in [-0.25, -0.2) is 8.42 Å². The van der Waals surface area contributed by atoms with Gasteiger partial charge in [0.1, 0.15) is 11.9 Å². The van der Waals surface area contributed by atoms with Gasteiger partial charge in [-0.3, -0.25) is 4.98 Å². The smallest absolute Gasteiger partial charge is 0.236 e. The van der Waals surface area contributed by atoms with Crippen LogP contribution in [0.15, 0.2) is 84.5 Å². The minimum Gasteiger partial charge on any atom is -0.488 e. The second kappa shape index (κ2) is 11.6. The molecule has 32 heavy (non-hydrogen) atoms. The minimum absolute atomic E-state index is 0.110. The number of aromatic nitrogens is 1. The average molecular weight is 453 g/mol. The van der Waals surface area contributed by atoms with Crippen molar-refractivity contribution >= 4 is 16.1 Å². The number of methoxy groups -OCH3 is 1. The van der Waals surface area contributed by atoms with Crippen molar-refractivity contribution in [1.82, 2.24) is 9.29 Å². The van der Waals surface area contributed by atoms with Gasteiger partial charge in [-0.2, -0.15) is 4.31 Å². The van der Waals surface area contributed by atoms with Crippen LogP contribution >= 0.6 is 0 Å². The van der Waals surface area contributed by atoms with Crippen molar-refractivity contribution in [2.75, 3.05) is 13.7 Å². The van der Waals surface area contributed by atoms with E-state index >= 15 is 0 Å². The van der Waals surface area contributed by atoms with Gasteiger partial charge in [0, 0.05) is 38.0 Å². The van der Waals surface area contributed by atoms with Crippen LogP contribution < -0.4 is 4.74 Å². The zero-order valence-corrected chi connectivity index (χ0v) is 19.1. The van der Waals surface area contributed by atoms with E-state index in [1.54, 1.807) is 25.6 Å². The van der Waals surface area contributed by atoms with Crippen LogP contribution in [-0.4, -0.2) is 37.5 Å². The highest BCUT2D eigenvalue weighted by Gasteiger charge is 2.20. The number of nitrogens with zero attached hydrogens (tertiary/aromatic N) is 2. The highest BCUT2D eigenvalue weighted by Crippen LogP contribution is 2.20. The molecule has 2 aromatic carbocycles. The van der Waals surface area contributed by atoms with Crippen LogP contribution in [0.5, 0.6) is 5.75 Å². The van der Waals surface area contributed by atoms with E-state index in [-0.39, 0.29) is 19.2 Å². The highest BCUT2D eigenvalue weighted by molar-refractivity contribution is 7.92. The van der Waals surface area contributed by atoms with E-state index in [9.17, 15) is 8.42 Å². The largest absolute Gasteiger partial charge is 0.488 e. The first-order valence-corrected chi connectivity index (χ1v) is 11.8. The number of rotatable bonds is 11. The van der Waals surface area contributed by atoms with E-state index < -0.39 is 10.0 Å². The van der Waals surface area contributed by atoms with E-state index in [0.29, 0.717) is 12.4 Å². The zero-order valence-electron chi connectivity index (χ0n) is 18.3. The molecule has 0 aliphatic heterocycles. The Balaban J connectivity index is 1.84. The summed E-state index contributed by atoms with van der Waals surface area (Å²) in [7, 11) is -2.06. The first-order chi connectivity index (χ1) is 15.5. The summed E-state index contributed by atoms with van der Waals surface area (Å²) in [6.45, 7) is 2.83. The van der Waals surface area contributed by atoms with Crippen LogP contribution in [0.2, 0.25) is 0 Å². The molecule has 0 saturated carbocycles. The first-order valence-electron chi connectivity index (χ1n) is 10.3. The third kappa shape index (κ3) is 7.30. The van der Waals surface area contributed by atoms with E-state index in [1.165, 1.54) is 9.71 Å². The van der Waals surface area contributed by atoms with Gasteiger partial charge in [0.25, 0.3) is 0 Å². The summed E-state index contributed by atoms with van der Waals surface area (Å²) < 4.78 is 38.9. The summed E-state index contributed by atoms with van der Waals surface area (Å²) in [6, 6.07) is 20.5. The molecule has 3 rings (SSSR count). The fourth-order valence-corrected chi connectivity index (χ4v) is 4.32. The maximum atomic E-state index is 13.2. The van der Waals surface area contributed by atoms with Crippen LogP contribution in [0.25, 0.3) is 6.08 Å². The van der Waals surface area contributed by atoms with Gasteiger partial charge >= 0.3 is 0 Å². The molecule has 0 saturated heterocycles. The summed E-state index contributed by atoms with van der Waals surface area (Å²) in [5, 5.41) is 1.25. The average Bonchev–Trinajstić information content (AvgIpc) is 2.79. The number of pyridine rings is 1. The van der Waals surface area contributed by atoms with E-state index in [1.807, 2.05) is 73.7 Å². The van der Waals surface area contributed by atoms with Crippen molar-refractivity contribution in [2.45, 2.75) is 26.1 Å². The topological polar surface area (TPSA) is 68.7 Å². The van der Waals surface area contributed by atoms with Gasteiger partial charge in [0.2, 0.25) is 10.0 Å². The molecule has 0 fully saturated rings. The van der Waals surface area contributed by atoms with E-state index in [4.69, 9.17) is 9.47 Å². The van der Waals surface area contributed by atoms with E-state index in [0.717, 1.165) is 16.7 Å². The van der Waals surface area contributed by atoms with Crippen molar-refractivity contribution in [1.29, 1.82) is 0 Å². The molecule has 0 spiro atoms. The Kier molecular flexibility index (Phi) is 8.56. The lowest BCUT2D eigenvalue weighted by atomic mass is 10.2. The third-order valence-corrected chi connectivity index (χ3v) is 6.15. The second-order valence-electron chi connectivity index (χ2n) is 7.41. The normalized spacial score (nSPS) is 12.8. The molecule has 6 nitrogen and oxygen atoms in total. The highest BCUT2D eigenvalue weighted by atomic mass is 32.2. The quantitative estimate of drug-likeness (QED) is 0.429. The van der Waals surface area contributed by atoms with Gasteiger partial charge in [-0.1, -0.05) is 42.5 Å². The van der Waals surface area contributed by atoms with Gasteiger partial charge < -0.3 is 9.47 Å². The molecule has 0 bridgehead atoms. The SMILES string of the molecule is COCC(C)Oc1cccc(CN(Cc2ccncc2)S(=O)(=O)C=Cc2ccccc2)c1. The molecule has 1 unspecified atom stereocenters. The van der Waals surface area contributed by atoms with Gasteiger partial charge in [0.15, 0.2) is 0 Å². The Bertz CT molecular complexity index is 1100. The number of hydrogen-bond donors (Lipinski definition) is 0. The van der Waals surface area contributed by atoms with Gasteiger partial charge in [0.05, 0.1) is 6.61 Å². The Morgan fingerprint density at radius 3 is 2.41 bits per heavy atom. The Morgan fingerprint density at radius 2 is 1.69 bits per heavy atom. The molecular formula is C25H28N2O4S. The Labute approximate surface area is 190 Å². The van der Waals surface area contributed by atoms with Crippen LogP contribution in [-0.2, 0) is 27.8 Å². The van der Waals surface area contributed by atoms with Crippen molar-refractivity contribution in [3.63, 3.8) is 0 Å². The Hall–Kier alpha value is -3.00. The monoisotopic (exact) mass is 452 g/mol. The molecule has 1 heterocycles. The maximum Gasteiger partial charge on any atom is 0.236 e. The lowest BCUT2D eigenvalue weighted by molar-refractivity contribution is 0.0920. The predicted molar refractivity (Wildman–Crippen MR) is 126 cm³/mol. The summed E-state index contributed by atoms with van der Waals surface area (Å²) in [6.07, 6.45) is 4.82. The fraction of sp³-hybridized carbons (Fsp3) is 0.240. The van der Waals surface area contributed by atoms with Crippen molar-refractivity contribution in [3.05, 3.63) is 101 Å². The molecular weight excluding hydrogens is 424 g/mol. The molecule has 0 amide bonds. The summed E-state index contributed by atoms with van der Waals surface area (Å²) in [5.74, 6) is 0.674. The third-order valence-electron chi connectivity index (χ3n) is 4.70. The first kappa shape index (κ1) is 23.7. The number of ether oxygens (including phenoxy) is 2. The van der Waals surface area contributed by atoms with Crippen LogP contribution in [0.3, 0.4) is 0 Å². The van der Waals surface area contributed by atoms with Gasteiger partial charge in [-0.15, -0.1) is 0 Å². The van der Waals surface area contributed by atoms with Crippen molar-refractivity contribution in [2.24, 2.45) is 0 Å². The molecule has 0 aliphatic rings. The molecule has 1 atom stereocenters. The lowest BCUT2D eigenvalue weighted by Crippen LogP contribution is -2.28. The molecule has 7 heteroatoms. The molecule has 0 radical (unpaired) electrons. The summed E-state index contributed by atoms with van der Waals surface area (Å²) in [4.78, 5) is 4.02. The van der Waals surface area contributed by atoms with Crippen LogP contribution in [0.1, 0.15) is 23.6 Å². The van der Waals surface area contributed by atoms with Crippen LogP contribution in [0.4, 0.5) is 0 Å². The standard InChI is InChI=1S/C25H28N2O4S/c1-21(20-30-2)31-25-10-6-9-24(17-25)19-27(18-23-11-14-26-15-12-23)32(28,29)16-13-22-7-4-3-5-8-22/h3-17,21H,18-20H2,1-2H3. The molecule has 0 N–H and O–H groups in total. The zero-order chi connectivity index (χ0) is 22.8. The van der Waals surface area contributed by atoms with Crippen molar-refractivity contribution in [3.8, 4) is 5.75 Å². The Morgan fingerprint density at radius 1 is 0.969 bits per heavy atom. The molecule has 3 aromatic rings. The molecule has 0 aliphatic carbocycles. The number of sulfonamides is 1. The fourth-order valence-electron chi connectivity index (χ4n) is 3.16. The lowest BCUT2D eigenvalue weighted by Gasteiger charge is -2.21. The molecule has 1 aromatic heterocycles. The second-order valence-corrected chi connectivity index (χ2v) is 9.23. The van der Waals surface area contributed by atoms with Gasteiger partial charge in [-0.05, 0) is 54.0 Å². The van der Waals surface area contributed by atoms with E-state index in [2.05, 4.69) is 4.98 Å². The number of hydrogen-bond acceptors (Lipinski definition) is 5. The summed E-state index contributed by atoms with van der Waals surface area (Å²) in [5.41, 5.74) is 2.51. The number of benzene rings is 2. The predicted octanol–water partition coefficient (Wildman–Crippen LogP) is 4.50. The van der Waals surface area contributed by atoms with Crippen LogP contribution in [0, 0.1) is 0 Å².